The molecule has 4 bridgehead atoms. The summed E-state index contributed by atoms with van der Waals surface area (Å²) >= 11 is 0. The third-order valence-corrected chi connectivity index (χ3v) is 12.9. The van der Waals surface area contributed by atoms with Gasteiger partial charge in [0.2, 0.25) is 5.91 Å². The summed E-state index contributed by atoms with van der Waals surface area (Å²) in [7, 11) is 0. The van der Waals surface area contributed by atoms with E-state index in [9.17, 15) is 24.0 Å². The van der Waals surface area contributed by atoms with Gasteiger partial charge in [0.15, 0.2) is 0 Å². The lowest BCUT2D eigenvalue weighted by atomic mass is 9.49. The number of rotatable bonds is 15. The van der Waals surface area contributed by atoms with Crippen LogP contribution in [0.3, 0.4) is 0 Å². The van der Waals surface area contributed by atoms with Gasteiger partial charge in [-0.3, -0.25) is 14.4 Å². The number of fused-ring (bicyclic) bond motifs is 1. The van der Waals surface area contributed by atoms with Crippen molar-refractivity contribution in [3.63, 3.8) is 0 Å². The van der Waals surface area contributed by atoms with Gasteiger partial charge in [-0.1, -0.05) is 91.0 Å². The third-order valence-electron chi connectivity index (χ3n) is 12.9. The fraction of sp³-hybridized carbons (Fsp3) is 0.294. The second kappa shape index (κ2) is 18.1. The minimum Gasteiger partial charge on any atom is -0.457 e. The number of benzene rings is 5. The number of carbonyl (C=O) groups is 5. The van der Waals surface area contributed by atoms with Gasteiger partial charge in [-0.15, -0.1) is 0 Å². The molecule has 1 aromatic heterocycles. The van der Waals surface area contributed by atoms with Crippen molar-refractivity contribution in [1.82, 2.24) is 20.6 Å². The van der Waals surface area contributed by atoms with Gasteiger partial charge in [-0.2, -0.15) is 0 Å². The number of hydrogen-bond acceptors (Lipinski definition) is 8. The van der Waals surface area contributed by atoms with E-state index >= 15 is 0 Å². The topological polar surface area (TPSA) is 169 Å². The Kier molecular flexibility index (Phi) is 11.9. The maximum Gasteiger partial charge on any atom is 0.338 e. The number of esters is 2. The quantitative estimate of drug-likeness (QED) is 0.0748. The lowest BCUT2D eigenvalue weighted by molar-refractivity contribution is -0.117. The number of carbonyl (C=O) groups excluding carboxylic acids is 5. The minimum atomic E-state index is -0.931. The number of aromatic amines is 1. The number of anilines is 1. The number of aromatic nitrogens is 2. The first-order valence-corrected chi connectivity index (χ1v) is 21.6. The average Bonchev–Trinajstić information content (AvgIpc) is 3.77. The monoisotopic (exact) mass is 843 g/mol. The summed E-state index contributed by atoms with van der Waals surface area (Å²) in [4.78, 5) is 76.8. The van der Waals surface area contributed by atoms with E-state index in [1.54, 1.807) is 36.4 Å². The zero-order chi connectivity index (χ0) is 43.3. The van der Waals surface area contributed by atoms with Crippen LogP contribution >= 0.6 is 0 Å². The van der Waals surface area contributed by atoms with Crippen LogP contribution in [-0.4, -0.2) is 52.7 Å². The number of imidazole rings is 1. The molecule has 0 spiro atoms. The van der Waals surface area contributed by atoms with Gasteiger partial charge < -0.3 is 30.4 Å². The van der Waals surface area contributed by atoms with Gasteiger partial charge in [-0.05, 0) is 109 Å². The summed E-state index contributed by atoms with van der Waals surface area (Å²) in [6.07, 6.45) is 8.84. The molecule has 12 heteroatoms. The molecule has 6 aromatic rings. The molecule has 1 heterocycles. The van der Waals surface area contributed by atoms with Crippen molar-refractivity contribution in [1.29, 1.82) is 0 Å². The molecule has 0 saturated heterocycles. The van der Waals surface area contributed by atoms with E-state index in [1.165, 1.54) is 43.8 Å². The van der Waals surface area contributed by atoms with Crippen LogP contribution in [-0.2, 0) is 27.5 Å². The molecule has 0 aliphatic heterocycles. The van der Waals surface area contributed by atoms with Crippen molar-refractivity contribution < 1.29 is 33.4 Å². The Balaban J connectivity index is 0.936. The Labute approximate surface area is 365 Å². The van der Waals surface area contributed by atoms with Gasteiger partial charge in [0, 0.05) is 18.8 Å². The molecule has 4 saturated carbocycles. The van der Waals surface area contributed by atoms with Crippen molar-refractivity contribution in [3.8, 4) is 0 Å². The fourth-order valence-corrected chi connectivity index (χ4v) is 10.3. The van der Waals surface area contributed by atoms with Crippen molar-refractivity contribution >= 4 is 46.4 Å². The number of hydrogen-bond donors (Lipinski definition) is 4. The lowest BCUT2D eigenvalue weighted by Crippen LogP contribution is -2.51. The molecule has 4 fully saturated rings. The van der Waals surface area contributed by atoms with Gasteiger partial charge >= 0.3 is 11.9 Å². The van der Waals surface area contributed by atoms with Gasteiger partial charge in [-0.25, -0.2) is 14.6 Å². The first-order chi connectivity index (χ1) is 30.7. The maximum atomic E-state index is 14.3. The lowest BCUT2D eigenvalue weighted by Gasteiger charge is -2.56. The van der Waals surface area contributed by atoms with Gasteiger partial charge in [0.25, 0.3) is 11.8 Å². The normalized spacial score (nSPS) is 20.1. The number of amides is 3. The summed E-state index contributed by atoms with van der Waals surface area (Å²) in [5, 5.41) is 9.02. The van der Waals surface area contributed by atoms with Gasteiger partial charge in [0.05, 0.1) is 45.5 Å². The van der Waals surface area contributed by atoms with E-state index in [2.05, 4.69) is 25.9 Å². The van der Waals surface area contributed by atoms with Crippen molar-refractivity contribution in [3.05, 3.63) is 167 Å². The Morgan fingerprint density at radius 2 is 1.17 bits per heavy atom. The van der Waals surface area contributed by atoms with Crippen molar-refractivity contribution in [2.45, 2.75) is 57.7 Å². The second-order valence-electron chi connectivity index (χ2n) is 17.5. The van der Waals surface area contributed by atoms with E-state index in [0.29, 0.717) is 23.1 Å². The highest BCUT2D eigenvalue weighted by Gasteiger charge is 2.50. The maximum absolute atomic E-state index is 14.3. The smallest absolute Gasteiger partial charge is 0.338 e. The summed E-state index contributed by atoms with van der Waals surface area (Å²) in [6.45, 7) is 0.426. The van der Waals surface area contributed by atoms with Crippen molar-refractivity contribution in [2.75, 3.05) is 18.4 Å². The van der Waals surface area contributed by atoms with E-state index < -0.39 is 29.7 Å². The molecule has 10 rings (SSSR count). The van der Waals surface area contributed by atoms with Crippen LogP contribution in [0.2, 0.25) is 0 Å². The molecule has 3 amide bonds. The van der Waals surface area contributed by atoms with Gasteiger partial charge in [0.1, 0.15) is 13.2 Å². The van der Waals surface area contributed by atoms with Crippen LogP contribution in [0.4, 0.5) is 5.69 Å². The third kappa shape index (κ3) is 9.55. The molecule has 63 heavy (non-hydrogen) atoms. The number of ether oxygens (including phenoxy) is 2. The number of H-pyrrole nitrogens is 1. The first-order valence-electron chi connectivity index (χ1n) is 21.6. The molecule has 320 valence electrons. The molecule has 1 atom stereocenters. The standard InChI is InChI=1S/C51H49N5O7/c57-46(41-22-44-45(55-31-54-44)23-42(41)47(58)53-30-51-24-34-16-35(25-51)18-36(17-34)26-51)52-27-43(37-14-8-3-9-15-37)48(59)56-40-20-38(49(60)62-28-32-10-4-1-5-11-32)19-39(21-40)50(61)63-29-33-12-6-2-7-13-33/h1-15,19-23,31,34-36,43H,16-18,24-30H2,(H,52,57)(H,53,58)(H,54,55)(H,56,59). The molecular weight excluding hydrogens is 795 g/mol. The summed E-state index contributed by atoms with van der Waals surface area (Å²) in [5.41, 5.74) is 3.99. The van der Waals surface area contributed by atoms with Crippen molar-refractivity contribution in [2.24, 2.45) is 23.2 Å². The number of nitrogens with one attached hydrogen (secondary N) is 4. The van der Waals surface area contributed by atoms with E-state index in [4.69, 9.17) is 9.47 Å². The largest absolute Gasteiger partial charge is 0.457 e. The molecule has 4 aliphatic carbocycles. The predicted molar refractivity (Wildman–Crippen MR) is 237 cm³/mol. The fourth-order valence-electron chi connectivity index (χ4n) is 10.3. The molecular formula is C51H49N5O7. The van der Waals surface area contributed by atoms with E-state index in [-0.39, 0.29) is 59.0 Å². The predicted octanol–water partition coefficient (Wildman–Crippen LogP) is 8.38. The highest BCUT2D eigenvalue weighted by molar-refractivity contribution is 6.10. The molecule has 4 aliphatic rings. The van der Waals surface area contributed by atoms with Crippen LogP contribution < -0.4 is 16.0 Å². The molecule has 4 N–H and O–H groups in total. The van der Waals surface area contributed by atoms with Crippen LogP contribution in [0, 0.1) is 23.2 Å². The minimum absolute atomic E-state index is 0.00167. The average molecular weight is 844 g/mol. The van der Waals surface area contributed by atoms with Crippen LogP contribution in [0.25, 0.3) is 11.0 Å². The zero-order valence-electron chi connectivity index (χ0n) is 34.8. The van der Waals surface area contributed by atoms with Crippen LogP contribution in [0.1, 0.15) is 103 Å². The second-order valence-corrected chi connectivity index (χ2v) is 17.5. The summed E-state index contributed by atoms with van der Waals surface area (Å²) in [5.74, 6) is -1.52. The SMILES string of the molecule is O=C(OCc1ccccc1)c1cc(NC(=O)C(CNC(=O)c2cc3nc[nH]c3cc2C(=O)NCC23CC4CC(CC(C4)C2)C3)c2ccccc2)cc(C(=O)OCc2ccccc2)c1. The molecule has 5 aromatic carbocycles. The highest BCUT2D eigenvalue weighted by atomic mass is 16.5. The van der Waals surface area contributed by atoms with Crippen LogP contribution in [0.5, 0.6) is 0 Å². The molecule has 12 nitrogen and oxygen atoms in total. The van der Waals surface area contributed by atoms with E-state index in [0.717, 1.165) is 48.1 Å². The Bertz CT molecular complexity index is 2540. The Morgan fingerprint density at radius 3 is 1.75 bits per heavy atom. The Morgan fingerprint density at radius 1 is 0.651 bits per heavy atom. The summed E-state index contributed by atoms with van der Waals surface area (Å²) in [6, 6.07) is 34.8. The first kappa shape index (κ1) is 41.3. The zero-order valence-corrected chi connectivity index (χ0v) is 34.8. The highest BCUT2D eigenvalue weighted by Crippen LogP contribution is 2.59. The van der Waals surface area contributed by atoms with E-state index in [1.807, 2.05) is 66.7 Å². The number of nitrogens with zero attached hydrogens (tertiary/aromatic N) is 1. The van der Waals surface area contributed by atoms with Crippen LogP contribution in [0.15, 0.2) is 128 Å². The molecule has 1 unspecified atom stereocenters. The molecule has 0 radical (unpaired) electrons. The summed E-state index contributed by atoms with van der Waals surface area (Å²) < 4.78 is 11.2. The Hall–Kier alpha value is -7.08.